The van der Waals surface area contributed by atoms with Crippen molar-refractivity contribution in [2.75, 3.05) is 0 Å². The van der Waals surface area contributed by atoms with Crippen molar-refractivity contribution in [3.63, 3.8) is 0 Å². The lowest BCUT2D eigenvalue weighted by Crippen LogP contribution is -2.27. The monoisotopic (exact) mass is 222 g/mol. The summed E-state index contributed by atoms with van der Waals surface area (Å²) in [6.45, 7) is 2.07. The van der Waals surface area contributed by atoms with E-state index in [1.165, 1.54) is 0 Å². The molecule has 0 aliphatic carbocycles. The maximum absolute atomic E-state index is 5.67. The average molecular weight is 222 g/mol. The van der Waals surface area contributed by atoms with Crippen LogP contribution in [0.4, 0.5) is 0 Å². The van der Waals surface area contributed by atoms with Gasteiger partial charge < -0.3 is 4.42 Å². The zero-order chi connectivity index (χ0) is 10.7. The molecule has 2 aromatic rings. The van der Waals surface area contributed by atoms with Crippen LogP contribution in [0.15, 0.2) is 34.1 Å². The Balaban J connectivity index is 2.27. The summed E-state index contributed by atoms with van der Waals surface area (Å²) >= 11 is 1.66. The summed E-state index contributed by atoms with van der Waals surface area (Å²) in [5, 5.41) is 2.03. The van der Waals surface area contributed by atoms with E-state index >= 15 is 0 Å². The lowest BCUT2D eigenvalue weighted by atomic mass is 10.2. The number of hydrogen-bond acceptors (Lipinski definition) is 4. The Kier molecular flexibility index (Phi) is 3.20. The van der Waals surface area contributed by atoms with E-state index < -0.39 is 0 Å². The second-order valence-electron chi connectivity index (χ2n) is 3.27. The van der Waals surface area contributed by atoms with Crippen LogP contribution in [0.5, 0.6) is 0 Å². The number of thiophene rings is 1. The number of nitrogens with one attached hydrogen (secondary N) is 1. The molecule has 2 aromatic heterocycles. The first-order valence-electron chi connectivity index (χ1n) is 4.93. The molecular formula is C11H14N2OS. The standard InChI is InChI=1S/C11H14N2OS/c1-2-8-5-6-9(14-8)11(13-12)10-4-3-7-15-10/h3-7,11,13H,2,12H2,1H3. The SMILES string of the molecule is CCc1ccc(C(NN)c2cccs2)o1. The molecule has 3 N–H and O–H groups in total. The summed E-state index contributed by atoms with van der Waals surface area (Å²) in [7, 11) is 0. The second-order valence-corrected chi connectivity index (χ2v) is 4.25. The van der Waals surface area contributed by atoms with Crippen molar-refractivity contribution in [3.8, 4) is 0 Å². The third kappa shape index (κ3) is 2.12. The van der Waals surface area contributed by atoms with Crippen molar-refractivity contribution in [2.24, 2.45) is 5.84 Å². The van der Waals surface area contributed by atoms with Gasteiger partial charge in [-0.05, 0) is 23.6 Å². The third-order valence-electron chi connectivity index (χ3n) is 2.31. The predicted molar refractivity (Wildman–Crippen MR) is 61.6 cm³/mol. The quantitative estimate of drug-likeness (QED) is 0.617. The molecule has 1 unspecified atom stereocenters. The van der Waals surface area contributed by atoms with Gasteiger partial charge in [-0.3, -0.25) is 5.84 Å². The fourth-order valence-corrected chi connectivity index (χ4v) is 2.29. The summed E-state index contributed by atoms with van der Waals surface area (Å²) in [6.07, 6.45) is 0.904. The summed E-state index contributed by atoms with van der Waals surface area (Å²) in [5.41, 5.74) is 2.77. The fourth-order valence-electron chi connectivity index (χ4n) is 1.50. The van der Waals surface area contributed by atoms with Crippen LogP contribution in [0, 0.1) is 0 Å². The number of hydrazine groups is 1. The van der Waals surface area contributed by atoms with E-state index in [-0.39, 0.29) is 6.04 Å². The van der Waals surface area contributed by atoms with Crippen molar-refractivity contribution in [2.45, 2.75) is 19.4 Å². The molecule has 0 amide bonds. The summed E-state index contributed by atoms with van der Waals surface area (Å²) in [6, 6.07) is 7.98. The van der Waals surface area contributed by atoms with Gasteiger partial charge in [-0.2, -0.15) is 0 Å². The Morgan fingerprint density at radius 3 is 2.87 bits per heavy atom. The number of nitrogens with two attached hydrogens (primary N) is 1. The molecular weight excluding hydrogens is 208 g/mol. The van der Waals surface area contributed by atoms with Gasteiger partial charge in [0.15, 0.2) is 0 Å². The van der Waals surface area contributed by atoms with Crippen LogP contribution in [-0.4, -0.2) is 0 Å². The first-order chi connectivity index (χ1) is 7.35. The molecule has 0 aliphatic rings. The molecule has 0 bridgehead atoms. The Labute approximate surface area is 92.9 Å². The van der Waals surface area contributed by atoms with Crippen molar-refractivity contribution < 1.29 is 4.42 Å². The van der Waals surface area contributed by atoms with Gasteiger partial charge in [-0.1, -0.05) is 13.0 Å². The van der Waals surface area contributed by atoms with Gasteiger partial charge >= 0.3 is 0 Å². The molecule has 0 saturated heterocycles. The fraction of sp³-hybridized carbons (Fsp3) is 0.273. The van der Waals surface area contributed by atoms with Crippen LogP contribution in [0.25, 0.3) is 0 Å². The summed E-state index contributed by atoms with van der Waals surface area (Å²) in [5.74, 6) is 7.40. The summed E-state index contributed by atoms with van der Waals surface area (Å²) in [4.78, 5) is 1.16. The molecule has 1 atom stereocenters. The smallest absolute Gasteiger partial charge is 0.127 e. The molecule has 0 spiro atoms. The van der Waals surface area contributed by atoms with Crippen LogP contribution >= 0.6 is 11.3 Å². The number of furan rings is 1. The highest BCUT2D eigenvalue weighted by molar-refractivity contribution is 7.10. The molecule has 0 aromatic carbocycles. The minimum Gasteiger partial charge on any atom is -0.464 e. The maximum atomic E-state index is 5.67. The summed E-state index contributed by atoms with van der Waals surface area (Å²) < 4.78 is 5.67. The molecule has 3 nitrogen and oxygen atoms in total. The van der Waals surface area contributed by atoms with Crippen molar-refractivity contribution in [1.29, 1.82) is 0 Å². The highest BCUT2D eigenvalue weighted by Gasteiger charge is 2.16. The molecule has 15 heavy (non-hydrogen) atoms. The number of aryl methyl sites for hydroxylation is 1. The van der Waals surface area contributed by atoms with Gasteiger partial charge in [0.25, 0.3) is 0 Å². The third-order valence-corrected chi connectivity index (χ3v) is 3.25. The first-order valence-corrected chi connectivity index (χ1v) is 5.81. The zero-order valence-corrected chi connectivity index (χ0v) is 9.38. The molecule has 80 valence electrons. The Hall–Kier alpha value is -1.10. The molecule has 2 rings (SSSR count). The number of rotatable bonds is 4. The van der Waals surface area contributed by atoms with Crippen LogP contribution in [-0.2, 0) is 6.42 Å². The van der Waals surface area contributed by atoms with Crippen molar-refractivity contribution in [3.05, 3.63) is 46.0 Å². The van der Waals surface area contributed by atoms with E-state index in [0.29, 0.717) is 0 Å². The second kappa shape index (κ2) is 4.61. The molecule has 4 heteroatoms. The number of hydrogen-bond donors (Lipinski definition) is 2. The highest BCUT2D eigenvalue weighted by Crippen LogP contribution is 2.26. The van der Waals surface area contributed by atoms with Gasteiger partial charge in [0.05, 0.1) is 0 Å². The topological polar surface area (TPSA) is 51.2 Å². The predicted octanol–water partition coefficient (Wildman–Crippen LogP) is 2.46. The van der Waals surface area contributed by atoms with Crippen LogP contribution in [0.3, 0.4) is 0 Å². The van der Waals surface area contributed by atoms with Crippen molar-refractivity contribution in [1.82, 2.24) is 5.43 Å². The van der Waals surface area contributed by atoms with E-state index in [9.17, 15) is 0 Å². The van der Waals surface area contributed by atoms with Gasteiger partial charge in [0, 0.05) is 11.3 Å². The van der Waals surface area contributed by atoms with Gasteiger partial charge in [0.1, 0.15) is 17.6 Å². The molecule has 2 heterocycles. The van der Waals surface area contributed by atoms with Crippen LogP contribution < -0.4 is 11.3 Å². The lowest BCUT2D eigenvalue weighted by molar-refractivity contribution is 0.428. The Morgan fingerprint density at radius 1 is 1.47 bits per heavy atom. The Bertz CT molecular complexity index is 408. The van der Waals surface area contributed by atoms with Gasteiger partial charge in [-0.15, -0.1) is 11.3 Å². The Morgan fingerprint density at radius 2 is 2.33 bits per heavy atom. The first kappa shape index (κ1) is 10.4. The zero-order valence-electron chi connectivity index (χ0n) is 8.57. The molecule has 0 saturated carbocycles. The molecule has 0 radical (unpaired) electrons. The highest BCUT2D eigenvalue weighted by atomic mass is 32.1. The van der Waals surface area contributed by atoms with Gasteiger partial charge in [-0.25, -0.2) is 5.43 Å². The molecule has 0 aliphatic heterocycles. The lowest BCUT2D eigenvalue weighted by Gasteiger charge is -2.10. The normalized spacial score (nSPS) is 12.9. The van der Waals surface area contributed by atoms with E-state index in [4.69, 9.17) is 10.3 Å². The maximum Gasteiger partial charge on any atom is 0.127 e. The average Bonchev–Trinajstić information content (AvgIpc) is 2.89. The van der Waals surface area contributed by atoms with Gasteiger partial charge in [0.2, 0.25) is 0 Å². The van der Waals surface area contributed by atoms with Crippen LogP contribution in [0.1, 0.15) is 29.4 Å². The minimum atomic E-state index is -0.0368. The van der Waals surface area contributed by atoms with E-state index in [2.05, 4.69) is 12.3 Å². The van der Waals surface area contributed by atoms with E-state index in [1.54, 1.807) is 11.3 Å². The largest absolute Gasteiger partial charge is 0.464 e. The van der Waals surface area contributed by atoms with Crippen molar-refractivity contribution >= 4 is 11.3 Å². The van der Waals surface area contributed by atoms with E-state index in [0.717, 1.165) is 22.8 Å². The molecule has 0 fully saturated rings. The van der Waals surface area contributed by atoms with Crippen LogP contribution in [0.2, 0.25) is 0 Å². The minimum absolute atomic E-state index is 0.0368. The van der Waals surface area contributed by atoms with E-state index in [1.807, 2.05) is 29.6 Å².